The standard InChI is InChI=1S/C16H26N2O/c17-15(19)16(18-14-3-1-2-4-14)12-6-10-5-11(8-12)9-13(16)7-10/h10-14,18H,1-9H2,(H2,17,19). The van der Waals surface area contributed by atoms with Crippen molar-refractivity contribution in [1.82, 2.24) is 5.32 Å². The molecule has 5 saturated carbocycles. The van der Waals surface area contributed by atoms with E-state index in [1.807, 2.05) is 0 Å². The average Bonchev–Trinajstić information content (AvgIpc) is 2.85. The van der Waals surface area contributed by atoms with Crippen LogP contribution in [0.25, 0.3) is 0 Å². The van der Waals surface area contributed by atoms with Crippen molar-refractivity contribution in [2.24, 2.45) is 29.4 Å². The van der Waals surface area contributed by atoms with E-state index in [0.717, 1.165) is 11.8 Å². The zero-order chi connectivity index (χ0) is 13.0. The summed E-state index contributed by atoms with van der Waals surface area (Å²) in [6, 6.07) is 0.546. The first-order valence-electron chi connectivity index (χ1n) is 8.26. The molecule has 0 saturated heterocycles. The molecule has 106 valence electrons. The van der Waals surface area contributed by atoms with Gasteiger partial charge in [-0.15, -0.1) is 0 Å². The number of hydrogen-bond donors (Lipinski definition) is 2. The van der Waals surface area contributed by atoms with Crippen molar-refractivity contribution >= 4 is 5.91 Å². The smallest absolute Gasteiger partial charge is 0.238 e. The van der Waals surface area contributed by atoms with Crippen molar-refractivity contribution in [3.63, 3.8) is 0 Å². The van der Waals surface area contributed by atoms with E-state index >= 15 is 0 Å². The number of nitrogens with one attached hydrogen (secondary N) is 1. The van der Waals surface area contributed by atoms with Gasteiger partial charge in [0, 0.05) is 6.04 Å². The Morgan fingerprint density at radius 3 is 1.95 bits per heavy atom. The summed E-state index contributed by atoms with van der Waals surface area (Å²) in [7, 11) is 0. The Balaban J connectivity index is 1.65. The summed E-state index contributed by atoms with van der Waals surface area (Å²) in [6.07, 6.45) is 11.5. The highest BCUT2D eigenvalue weighted by molar-refractivity contribution is 5.86. The Morgan fingerprint density at radius 2 is 1.47 bits per heavy atom. The van der Waals surface area contributed by atoms with Crippen molar-refractivity contribution in [3.05, 3.63) is 0 Å². The molecule has 0 aromatic carbocycles. The van der Waals surface area contributed by atoms with Crippen LogP contribution in [0.2, 0.25) is 0 Å². The minimum atomic E-state index is -0.345. The molecule has 0 aliphatic heterocycles. The summed E-state index contributed by atoms with van der Waals surface area (Å²) in [6.45, 7) is 0. The van der Waals surface area contributed by atoms with E-state index in [2.05, 4.69) is 5.32 Å². The Hall–Kier alpha value is -0.570. The molecule has 19 heavy (non-hydrogen) atoms. The van der Waals surface area contributed by atoms with Gasteiger partial charge in [-0.05, 0) is 68.6 Å². The number of primary amides is 1. The molecule has 4 bridgehead atoms. The molecule has 5 aliphatic rings. The maximum atomic E-state index is 12.4. The quantitative estimate of drug-likeness (QED) is 0.819. The van der Waals surface area contributed by atoms with Gasteiger partial charge in [0.2, 0.25) is 5.91 Å². The highest BCUT2D eigenvalue weighted by atomic mass is 16.1. The predicted octanol–water partition coefficient (Wildman–Crippen LogP) is 2.20. The fraction of sp³-hybridized carbons (Fsp3) is 0.938. The van der Waals surface area contributed by atoms with E-state index in [4.69, 9.17) is 5.73 Å². The van der Waals surface area contributed by atoms with E-state index in [1.54, 1.807) is 0 Å². The summed E-state index contributed by atoms with van der Waals surface area (Å²) in [5.74, 6) is 2.79. The number of carbonyl (C=O) groups is 1. The maximum Gasteiger partial charge on any atom is 0.238 e. The van der Waals surface area contributed by atoms with E-state index in [9.17, 15) is 4.79 Å². The molecule has 3 nitrogen and oxygen atoms in total. The molecule has 0 radical (unpaired) electrons. The van der Waals surface area contributed by atoms with E-state index < -0.39 is 0 Å². The van der Waals surface area contributed by atoms with E-state index in [-0.39, 0.29) is 11.4 Å². The Labute approximate surface area is 115 Å². The summed E-state index contributed by atoms with van der Waals surface area (Å²) in [5.41, 5.74) is 5.58. The van der Waals surface area contributed by atoms with Gasteiger partial charge in [-0.1, -0.05) is 12.8 Å². The van der Waals surface area contributed by atoms with Crippen LogP contribution in [0.3, 0.4) is 0 Å². The first-order valence-corrected chi connectivity index (χ1v) is 8.26. The first-order chi connectivity index (χ1) is 9.18. The van der Waals surface area contributed by atoms with Crippen molar-refractivity contribution in [2.75, 3.05) is 0 Å². The molecule has 0 aromatic rings. The second-order valence-electron chi connectivity index (χ2n) is 7.66. The van der Waals surface area contributed by atoms with E-state index in [1.165, 1.54) is 57.8 Å². The zero-order valence-corrected chi connectivity index (χ0v) is 11.7. The fourth-order valence-corrected chi connectivity index (χ4v) is 6.04. The number of amides is 1. The predicted molar refractivity (Wildman–Crippen MR) is 74.4 cm³/mol. The molecule has 0 atom stereocenters. The van der Waals surface area contributed by atoms with Crippen molar-refractivity contribution < 1.29 is 4.79 Å². The number of rotatable bonds is 3. The van der Waals surface area contributed by atoms with Gasteiger partial charge in [-0.2, -0.15) is 0 Å². The Bertz CT molecular complexity index is 358. The summed E-state index contributed by atoms with van der Waals surface area (Å²) < 4.78 is 0. The molecule has 1 amide bonds. The van der Waals surface area contributed by atoms with Crippen molar-refractivity contribution in [3.8, 4) is 0 Å². The van der Waals surface area contributed by atoms with Crippen LogP contribution < -0.4 is 11.1 Å². The van der Waals surface area contributed by atoms with Crippen LogP contribution in [0.5, 0.6) is 0 Å². The molecular weight excluding hydrogens is 236 g/mol. The lowest BCUT2D eigenvalue weighted by Gasteiger charge is -2.60. The third kappa shape index (κ3) is 1.70. The van der Waals surface area contributed by atoms with Crippen LogP contribution >= 0.6 is 0 Å². The van der Waals surface area contributed by atoms with Gasteiger partial charge in [0.15, 0.2) is 0 Å². The Kier molecular flexibility index (Phi) is 2.70. The topological polar surface area (TPSA) is 55.1 Å². The van der Waals surface area contributed by atoms with Gasteiger partial charge in [0.05, 0.1) is 0 Å². The number of hydrogen-bond acceptors (Lipinski definition) is 2. The van der Waals surface area contributed by atoms with Crippen LogP contribution in [0.4, 0.5) is 0 Å². The molecule has 5 aliphatic carbocycles. The monoisotopic (exact) mass is 262 g/mol. The third-order valence-electron chi connectivity index (χ3n) is 6.63. The molecule has 5 rings (SSSR count). The third-order valence-corrected chi connectivity index (χ3v) is 6.63. The minimum absolute atomic E-state index is 0.0480. The van der Waals surface area contributed by atoms with Gasteiger partial charge < -0.3 is 11.1 Å². The summed E-state index contributed by atoms with van der Waals surface area (Å²) in [4.78, 5) is 12.4. The van der Waals surface area contributed by atoms with Crippen LogP contribution in [-0.2, 0) is 4.79 Å². The van der Waals surface area contributed by atoms with Gasteiger partial charge in [0.1, 0.15) is 5.54 Å². The average molecular weight is 262 g/mol. The van der Waals surface area contributed by atoms with Crippen molar-refractivity contribution in [2.45, 2.75) is 69.4 Å². The second kappa shape index (κ2) is 4.21. The minimum Gasteiger partial charge on any atom is -0.368 e. The molecule has 0 heterocycles. The zero-order valence-electron chi connectivity index (χ0n) is 11.7. The SMILES string of the molecule is NC(=O)C1(NC2CCCC2)C2CC3CC(C2)CC1C3. The molecular formula is C16H26N2O. The lowest BCUT2D eigenvalue weighted by molar-refractivity contribution is -0.144. The molecule has 0 aromatic heterocycles. The summed E-state index contributed by atoms with van der Waals surface area (Å²) in [5, 5.41) is 3.80. The van der Waals surface area contributed by atoms with Crippen LogP contribution in [0.1, 0.15) is 57.8 Å². The van der Waals surface area contributed by atoms with Crippen LogP contribution in [-0.4, -0.2) is 17.5 Å². The van der Waals surface area contributed by atoms with Crippen LogP contribution in [0, 0.1) is 23.7 Å². The highest BCUT2D eigenvalue weighted by Crippen LogP contribution is 2.58. The molecule has 5 fully saturated rings. The largest absolute Gasteiger partial charge is 0.368 e. The normalized spacial score (nSPS) is 48.8. The second-order valence-corrected chi connectivity index (χ2v) is 7.66. The van der Waals surface area contributed by atoms with Gasteiger partial charge in [0.25, 0.3) is 0 Å². The molecule has 3 heteroatoms. The van der Waals surface area contributed by atoms with Crippen LogP contribution in [0.15, 0.2) is 0 Å². The highest BCUT2D eigenvalue weighted by Gasteiger charge is 2.60. The lowest BCUT2D eigenvalue weighted by atomic mass is 9.48. The molecule has 3 N–H and O–H groups in total. The van der Waals surface area contributed by atoms with Crippen molar-refractivity contribution in [1.29, 1.82) is 0 Å². The van der Waals surface area contributed by atoms with Gasteiger partial charge in [-0.3, -0.25) is 4.79 Å². The lowest BCUT2D eigenvalue weighted by Crippen LogP contribution is -2.72. The maximum absolute atomic E-state index is 12.4. The Morgan fingerprint density at radius 1 is 0.947 bits per heavy atom. The number of nitrogens with two attached hydrogens (primary N) is 1. The number of carbonyl (C=O) groups excluding carboxylic acids is 1. The van der Waals surface area contributed by atoms with E-state index in [0.29, 0.717) is 17.9 Å². The fourth-order valence-electron chi connectivity index (χ4n) is 6.04. The van der Waals surface area contributed by atoms with Gasteiger partial charge in [-0.25, -0.2) is 0 Å². The molecule has 0 spiro atoms. The summed E-state index contributed by atoms with van der Waals surface area (Å²) >= 11 is 0. The van der Waals surface area contributed by atoms with Gasteiger partial charge >= 0.3 is 0 Å². The molecule has 0 unspecified atom stereocenters. The first kappa shape index (κ1) is 12.2.